The third-order valence-electron chi connectivity index (χ3n) is 3.96. The number of rotatable bonds is 4. The lowest BCUT2D eigenvalue weighted by atomic mass is 9.98. The number of aryl methyl sites for hydroxylation is 1. The second kappa shape index (κ2) is 6.76. The number of nitrogens with one attached hydrogen (secondary N) is 2. The van der Waals surface area contributed by atoms with Crippen molar-refractivity contribution in [3.05, 3.63) is 47.3 Å². The van der Waals surface area contributed by atoms with Crippen LogP contribution in [0.4, 0.5) is 19.3 Å². The highest BCUT2D eigenvalue weighted by Crippen LogP contribution is 2.20. The van der Waals surface area contributed by atoms with Crippen molar-refractivity contribution in [3.8, 4) is 0 Å². The number of nitrogens with zero attached hydrogens (tertiary/aromatic N) is 2. The molecule has 0 aliphatic heterocycles. The number of amides is 2. The molecule has 2 N–H and O–H groups in total. The number of hydrogen-bond donors (Lipinski definition) is 2. The summed E-state index contributed by atoms with van der Waals surface area (Å²) in [5.41, 5.74) is 2.05. The SMILES string of the molecule is O=C(NCCn1ncc2c1CCCC2)Nc1c(F)cccc1F. The summed E-state index contributed by atoms with van der Waals surface area (Å²) < 4.78 is 28.8. The van der Waals surface area contributed by atoms with Crippen molar-refractivity contribution in [3.63, 3.8) is 0 Å². The molecule has 1 aliphatic rings. The predicted molar refractivity (Wildman–Crippen MR) is 82.2 cm³/mol. The molecular weight excluding hydrogens is 302 g/mol. The maximum absolute atomic E-state index is 13.4. The number of carbonyl (C=O) groups excluding carboxylic acids is 1. The molecule has 0 radical (unpaired) electrons. The standard InChI is InChI=1S/C16H18F2N4O/c17-12-5-3-6-13(18)15(12)21-16(23)19-8-9-22-14-7-2-1-4-11(14)10-20-22/h3,5-6,10H,1-2,4,7-9H2,(H2,19,21,23). The fourth-order valence-electron chi connectivity index (χ4n) is 2.80. The van der Waals surface area contributed by atoms with Crippen LogP contribution in [0.25, 0.3) is 0 Å². The van der Waals surface area contributed by atoms with Crippen LogP contribution in [0.1, 0.15) is 24.1 Å². The minimum atomic E-state index is -0.804. The van der Waals surface area contributed by atoms with E-state index in [1.807, 2.05) is 10.9 Å². The Hall–Kier alpha value is -2.44. The van der Waals surface area contributed by atoms with Crippen LogP contribution >= 0.6 is 0 Å². The number of urea groups is 1. The van der Waals surface area contributed by atoms with E-state index >= 15 is 0 Å². The Labute approximate surface area is 132 Å². The van der Waals surface area contributed by atoms with Crippen molar-refractivity contribution in [2.75, 3.05) is 11.9 Å². The number of hydrogen-bond acceptors (Lipinski definition) is 2. The lowest BCUT2D eigenvalue weighted by Gasteiger charge is -2.14. The summed E-state index contributed by atoms with van der Waals surface area (Å²) in [6.45, 7) is 0.860. The summed E-state index contributed by atoms with van der Waals surface area (Å²) in [6, 6.07) is 2.79. The molecule has 2 amide bonds. The summed E-state index contributed by atoms with van der Waals surface area (Å²) in [6.07, 6.45) is 6.27. The van der Waals surface area contributed by atoms with Gasteiger partial charge >= 0.3 is 6.03 Å². The van der Waals surface area contributed by atoms with Crippen LogP contribution in [0.5, 0.6) is 0 Å². The molecule has 0 bridgehead atoms. The van der Waals surface area contributed by atoms with Crippen molar-refractivity contribution in [1.82, 2.24) is 15.1 Å². The molecule has 1 aliphatic carbocycles. The van der Waals surface area contributed by atoms with E-state index in [2.05, 4.69) is 15.7 Å². The van der Waals surface area contributed by atoms with Gasteiger partial charge in [0.15, 0.2) is 0 Å². The van der Waals surface area contributed by atoms with Gasteiger partial charge in [0.25, 0.3) is 0 Å². The van der Waals surface area contributed by atoms with Gasteiger partial charge in [-0.05, 0) is 43.4 Å². The van der Waals surface area contributed by atoms with Gasteiger partial charge < -0.3 is 10.6 Å². The van der Waals surface area contributed by atoms with E-state index in [0.29, 0.717) is 13.1 Å². The van der Waals surface area contributed by atoms with Crippen LogP contribution in [0.2, 0.25) is 0 Å². The smallest absolute Gasteiger partial charge is 0.319 e. The van der Waals surface area contributed by atoms with Crippen molar-refractivity contribution < 1.29 is 13.6 Å². The highest BCUT2D eigenvalue weighted by atomic mass is 19.1. The van der Waals surface area contributed by atoms with Crippen LogP contribution in [0.15, 0.2) is 24.4 Å². The molecule has 3 rings (SSSR count). The highest BCUT2D eigenvalue weighted by molar-refractivity contribution is 5.89. The minimum absolute atomic E-state index is 0.329. The first kappa shape index (κ1) is 15.5. The van der Waals surface area contributed by atoms with Gasteiger partial charge in [0.2, 0.25) is 0 Å². The van der Waals surface area contributed by atoms with E-state index in [9.17, 15) is 13.6 Å². The molecule has 1 heterocycles. The first-order valence-corrected chi connectivity index (χ1v) is 7.67. The molecule has 0 saturated carbocycles. The Morgan fingerprint density at radius 3 is 2.74 bits per heavy atom. The minimum Gasteiger partial charge on any atom is -0.336 e. The Morgan fingerprint density at radius 1 is 1.22 bits per heavy atom. The van der Waals surface area contributed by atoms with Gasteiger partial charge in [-0.1, -0.05) is 6.07 Å². The third-order valence-corrected chi connectivity index (χ3v) is 3.96. The van der Waals surface area contributed by atoms with E-state index < -0.39 is 23.4 Å². The summed E-state index contributed by atoms with van der Waals surface area (Å²) in [7, 11) is 0. The van der Waals surface area contributed by atoms with Crippen molar-refractivity contribution >= 4 is 11.7 Å². The van der Waals surface area contributed by atoms with E-state index in [1.54, 1.807) is 0 Å². The van der Waals surface area contributed by atoms with Gasteiger partial charge in [-0.3, -0.25) is 4.68 Å². The zero-order chi connectivity index (χ0) is 16.2. The number of fused-ring (bicyclic) bond motifs is 1. The molecule has 5 nitrogen and oxygen atoms in total. The molecular formula is C16H18F2N4O. The molecule has 122 valence electrons. The average Bonchev–Trinajstić information content (AvgIpc) is 2.95. The first-order chi connectivity index (χ1) is 11.1. The van der Waals surface area contributed by atoms with Crippen LogP contribution in [-0.2, 0) is 19.4 Å². The number of anilines is 1. The van der Waals surface area contributed by atoms with Crippen molar-refractivity contribution in [1.29, 1.82) is 0 Å². The zero-order valence-electron chi connectivity index (χ0n) is 12.6. The molecule has 0 unspecified atom stereocenters. The number of para-hydroxylation sites is 1. The van der Waals surface area contributed by atoms with E-state index in [-0.39, 0.29) is 0 Å². The zero-order valence-corrected chi connectivity index (χ0v) is 12.6. The predicted octanol–water partition coefficient (Wildman–Crippen LogP) is 2.86. The van der Waals surface area contributed by atoms with Gasteiger partial charge in [0, 0.05) is 12.2 Å². The lowest BCUT2D eigenvalue weighted by Crippen LogP contribution is -2.32. The van der Waals surface area contributed by atoms with Crippen molar-refractivity contribution in [2.45, 2.75) is 32.2 Å². The maximum Gasteiger partial charge on any atom is 0.319 e. The van der Waals surface area contributed by atoms with Crippen LogP contribution in [0.3, 0.4) is 0 Å². The summed E-state index contributed by atoms with van der Waals surface area (Å²) >= 11 is 0. The molecule has 0 spiro atoms. The third kappa shape index (κ3) is 3.49. The Kier molecular flexibility index (Phi) is 4.55. The fraction of sp³-hybridized carbons (Fsp3) is 0.375. The first-order valence-electron chi connectivity index (χ1n) is 7.67. The fourth-order valence-corrected chi connectivity index (χ4v) is 2.80. The number of benzene rings is 1. The topological polar surface area (TPSA) is 59.0 Å². The molecule has 1 aromatic heterocycles. The average molecular weight is 320 g/mol. The van der Waals surface area contributed by atoms with Crippen LogP contribution in [0, 0.1) is 11.6 Å². The van der Waals surface area contributed by atoms with Gasteiger partial charge in [0.05, 0.1) is 12.7 Å². The largest absolute Gasteiger partial charge is 0.336 e. The summed E-state index contributed by atoms with van der Waals surface area (Å²) in [5.74, 6) is -1.61. The van der Waals surface area contributed by atoms with Crippen molar-refractivity contribution in [2.24, 2.45) is 0 Å². The Morgan fingerprint density at radius 2 is 1.96 bits per heavy atom. The molecule has 7 heteroatoms. The molecule has 0 atom stereocenters. The van der Waals surface area contributed by atoms with Crippen LogP contribution in [-0.4, -0.2) is 22.4 Å². The lowest BCUT2D eigenvalue weighted by molar-refractivity contribution is 0.251. The number of carbonyl (C=O) groups is 1. The van der Waals surface area contributed by atoms with Crippen LogP contribution < -0.4 is 10.6 Å². The normalized spacial score (nSPS) is 13.5. The highest BCUT2D eigenvalue weighted by Gasteiger charge is 2.15. The van der Waals surface area contributed by atoms with E-state index in [0.717, 1.165) is 31.4 Å². The monoisotopic (exact) mass is 320 g/mol. The number of aromatic nitrogens is 2. The van der Waals surface area contributed by atoms with E-state index in [4.69, 9.17) is 0 Å². The number of halogens is 2. The van der Waals surface area contributed by atoms with E-state index in [1.165, 1.54) is 23.7 Å². The van der Waals surface area contributed by atoms with Gasteiger partial charge in [-0.25, -0.2) is 13.6 Å². The Bertz CT molecular complexity index is 694. The molecule has 23 heavy (non-hydrogen) atoms. The Balaban J connectivity index is 1.53. The summed E-state index contributed by atoms with van der Waals surface area (Å²) in [5, 5.41) is 9.11. The second-order valence-electron chi connectivity index (χ2n) is 5.52. The maximum atomic E-state index is 13.4. The molecule has 0 fully saturated rings. The molecule has 2 aromatic rings. The summed E-state index contributed by atoms with van der Waals surface area (Å²) in [4.78, 5) is 11.7. The van der Waals surface area contributed by atoms with Gasteiger partial charge in [0.1, 0.15) is 17.3 Å². The molecule has 1 aromatic carbocycles. The van der Waals surface area contributed by atoms with Gasteiger partial charge in [-0.2, -0.15) is 5.10 Å². The molecule has 0 saturated heterocycles. The van der Waals surface area contributed by atoms with Gasteiger partial charge in [-0.15, -0.1) is 0 Å². The quantitative estimate of drug-likeness (QED) is 0.910. The second-order valence-corrected chi connectivity index (χ2v) is 5.52.